The van der Waals surface area contributed by atoms with E-state index < -0.39 is 0 Å². The van der Waals surface area contributed by atoms with Gasteiger partial charge in [-0.1, -0.05) is 19.8 Å². The molecule has 0 aliphatic rings. The predicted octanol–water partition coefficient (Wildman–Crippen LogP) is 1.47. The molecule has 1 rings (SSSR count). The number of hydrazine groups is 1. The van der Waals surface area contributed by atoms with E-state index in [9.17, 15) is 0 Å². The monoisotopic (exact) mass is 210 g/mol. The fourth-order valence-corrected chi connectivity index (χ4v) is 1.73. The highest BCUT2D eigenvalue weighted by Gasteiger charge is 2.10. The van der Waals surface area contributed by atoms with Crippen molar-refractivity contribution in [3.63, 3.8) is 0 Å². The normalized spacial score (nSPS) is 13.0. The Hall–Kier alpha value is -0.870. The second-order valence-electron chi connectivity index (χ2n) is 3.84. The van der Waals surface area contributed by atoms with Gasteiger partial charge in [0.05, 0.1) is 0 Å². The molecule has 0 saturated carbocycles. The van der Waals surface area contributed by atoms with Gasteiger partial charge in [-0.05, 0) is 13.3 Å². The summed E-state index contributed by atoms with van der Waals surface area (Å²) in [6.45, 7) is 5.29. The first-order valence-electron chi connectivity index (χ1n) is 5.77. The summed E-state index contributed by atoms with van der Waals surface area (Å²) in [6, 6.07) is 0.345. The van der Waals surface area contributed by atoms with Gasteiger partial charge in [-0.15, -0.1) is 0 Å². The highest BCUT2D eigenvalue weighted by molar-refractivity contribution is 4.95. The lowest BCUT2D eigenvalue weighted by molar-refractivity contribution is 0.457. The Morgan fingerprint density at radius 1 is 1.53 bits per heavy atom. The van der Waals surface area contributed by atoms with Gasteiger partial charge in [-0.3, -0.25) is 11.3 Å². The summed E-state index contributed by atoms with van der Waals surface area (Å²) in [5.41, 5.74) is 2.87. The van der Waals surface area contributed by atoms with Gasteiger partial charge < -0.3 is 4.57 Å². The van der Waals surface area contributed by atoms with Crippen molar-refractivity contribution >= 4 is 0 Å². The minimum atomic E-state index is 0.345. The van der Waals surface area contributed by atoms with Gasteiger partial charge in [0.1, 0.15) is 5.82 Å². The SMILES string of the molecule is CCCCC(Cc1nccn1CC)NN. The molecule has 1 heterocycles. The van der Waals surface area contributed by atoms with Gasteiger partial charge in [0.2, 0.25) is 0 Å². The van der Waals surface area contributed by atoms with Gasteiger partial charge in [0.15, 0.2) is 0 Å². The summed E-state index contributed by atoms with van der Waals surface area (Å²) >= 11 is 0. The van der Waals surface area contributed by atoms with Crippen molar-refractivity contribution in [1.29, 1.82) is 0 Å². The third kappa shape index (κ3) is 3.64. The molecular weight excluding hydrogens is 188 g/mol. The Morgan fingerprint density at radius 3 is 2.93 bits per heavy atom. The van der Waals surface area contributed by atoms with E-state index in [1.807, 2.05) is 12.4 Å². The zero-order valence-corrected chi connectivity index (χ0v) is 9.74. The third-order valence-corrected chi connectivity index (χ3v) is 2.71. The number of aryl methyl sites for hydroxylation is 1. The van der Waals surface area contributed by atoms with Crippen LogP contribution >= 0.6 is 0 Å². The molecule has 1 aromatic heterocycles. The van der Waals surface area contributed by atoms with Crippen molar-refractivity contribution in [2.75, 3.05) is 0 Å². The number of nitrogens with zero attached hydrogens (tertiary/aromatic N) is 2. The molecule has 0 amide bonds. The maximum atomic E-state index is 5.53. The Bertz CT molecular complexity index is 269. The molecule has 3 N–H and O–H groups in total. The number of imidazole rings is 1. The minimum absolute atomic E-state index is 0.345. The number of unbranched alkanes of at least 4 members (excludes halogenated alkanes) is 1. The number of rotatable bonds is 7. The van der Waals surface area contributed by atoms with E-state index in [0.29, 0.717) is 6.04 Å². The molecule has 1 unspecified atom stereocenters. The molecule has 0 aliphatic heterocycles. The molecule has 0 fully saturated rings. The summed E-state index contributed by atoms with van der Waals surface area (Å²) in [7, 11) is 0. The molecule has 86 valence electrons. The van der Waals surface area contributed by atoms with E-state index in [2.05, 4.69) is 28.8 Å². The van der Waals surface area contributed by atoms with Crippen molar-refractivity contribution in [3.05, 3.63) is 18.2 Å². The van der Waals surface area contributed by atoms with Crippen LogP contribution in [0.15, 0.2) is 12.4 Å². The zero-order valence-electron chi connectivity index (χ0n) is 9.74. The highest BCUT2D eigenvalue weighted by Crippen LogP contribution is 2.07. The van der Waals surface area contributed by atoms with E-state index in [-0.39, 0.29) is 0 Å². The summed E-state index contributed by atoms with van der Waals surface area (Å²) in [6.07, 6.45) is 8.32. The van der Waals surface area contributed by atoms with Crippen LogP contribution in [0.5, 0.6) is 0 Å². The first-order chi connectivity index (χ1) is 7.31. The molecule has 0 radical (unpaired) electrons. The van der Waals surface area contributed by atoms with Crippen molar-refractivity contribution in [1.82, 2.24) is 15.0 Å². The van der Waals surface area contributed by atoms with Crippen LogP contribution in [0.1, 0.15) is 38.9 Å². The fourth-order valence-electron chi connectivity index (χ4n) is 1.73. The van der Waals surface area contributed by atoms with Crippen LogP contribution < -0.4 is 11.3 Å². The van der Waals surface area contributed by atoms with Crippen molar-refractivity contribution < 1.29 is 0 Å². The summed E-state index contributed by atoms with van der Waals surface area (Å²) in [5.74, 6) is 6.66. The molecule has 0 bridgehead atoms. The Balaban J connectivity index is 2.50. The number of nitrogens with one attached hydrogen (secondary N) is 1. The van der Waals surface area contributed by atoms with Crippen LogP contribution in [0.25, 0.3) is 0 Å². The van der Waals surface area contributed by atoms with E-state index >= 15 is 0 Å². The van der Waals surface area contributed by atoms with Crippen LogP contribution in [0.4, 0.5) is 0 Å². The Labute approximate surface area is 91.8 Å². The lowest BCUT2D eigenvalue weighted by Crippen LogP contribution is -2.37. The van der Waals surface area contributed by atoms with Gasteiger partial charge in [0, 0.05) is 31.4 Å². The zero-order chi connectivity index (χ0) is 11.1. The molecule has 0 aromatic carbocycles. The smallest absolute Gasteiger partial charge is 0.110 e. The average Bonchev–Trinajstić information content (AvgIpc) is 2.71. The largest absolute Gasteiger partial charge is 0.335 e. The molecule has 0 aliphatic carbocycles. The molecule has 0 saturated heterocycles. The molecule has 0 spiro atoms. The topological polar surface area (TPSA) is 55.9 Å². The number of nitrogens with two attached hydrogens (primary N) is 1. The van der Waals surface area contributed by atoms with Crippen molar-refractivity contribution in [2.24, 2.45) is 5.84 Å². The third-order valence-electron chi connectivity index (χ3n) is 2.71. The van der Waals surface area contributed by atoms with Gasteiger partial charge in [-0.2, -0.15) is 0 Å². The first kappa shape index (κ1) is 12.2. The first-order valence-corrected chi connectivity index (χ1v) is 5.77. The number of aromatic nitrogens is 2. The molecule has 1 atom stereocenters. The fraction of sp³-hybridized carbons (Fsp3) is 0.727. The molecule has 15 heavy (non-hydrogen) atoms. The quantitative estimate of drug-likeness (QED) is 0.529. The van der Waals surface area contributed by atoms with Crippen LogP contribution in [-0.4, -0.2) is 15.6 Å². The lowest BCUT2D eigenvalue weighted by Gasteiger charge is -2.15. The molecule has 1 aromatic rings. The van der Waals surface area contributed by atoms with Gasteiger partial charge in [-0.25, -0.2) is 4.98 Å². The number of hydrogen-bond acceptors (Lipinski definition) is 3. The lowest BCUT2D eigenvalue weighted by atomic mass is 10.1. The van der Waals surface area contributed by atoms with E-state index in [4.69, 9.17) is 5.84 Å². The maximum Gasteiger partial charge on any atom is 0.110 e. The van der Waals surface area contributed by atoms with E-state index in [1.165, 1.54) is 12.8 Å². The van der Waals surface area contributed by atoms with Crippen LogP contribution in [0, 0.1) is 0 Å². The summed E-state index contributed by atoms with van der Waals surface area (Å²) in [5, 5.41) is 0. The highest BCUT2D eigenvalue weighted by atomic mass is 15.2. The Kier molecular flexibility index (Phi) is 5.36. The second kappa shape index (κ2) is 6.58. The molecular formula is C11H22N4. The summed E-state index contributed by atoms with van der Waals surface area (Å²) in [4.78, 5) is 4.35. The van der Waals surface area contributed by atoms with Crippen LogP contribution in [-0.2, 0) is 13.0 Å². The standard InChI is InChI=1S/C11H22N4/c1-3-5-6-10(14-12)9-11-13-7-8-15(11)4-2/h7-8,10,14H,3-6,9,12H2,1-2H3. The van der Waals surface area contributed by atoms with Crippen molar-refractivity contribution in [2.45, 2.75) is 52.1 Å². The average molecular weight is 210 g/mol. The van der Waals surface area contributed by atoms with Crippen LogP contribution in [0.2, 0.25) is 0 Å². The number of hydrogen-bond donors (Lipinski definition) is 2. The Morgan fingerprint density at radius 2 is 2.33 bits per heavy atom. The minimum Gasteiger partial charge on any atom is -0.335 e. The molecule has 4 nitrogen and oxygen atoms in total. The summed E-state index contributed by atoms with van der Waals surface area (Å²) < 4.78 is 2.16. The maximum absolute atomic E-state index is 5.53. The van der Waals surface area contributed by atoms with E-state index in [1.54, 1.807) is 0 Å². The van der Waals surface area contributed by atoms with Gasteiger partial charge >= 0.3 is 0 Å². The van der Waals surface area contributed by atoms with E-state index in [0.717, 1.165) is 25.2 Å². The second-order valence-corrected chi connectivity index (χ2v) is 3.84. The van der Waals surface area contributed by atoms with Crippen molar-refractivity contribution in [3.8, 4) is 0 Å². The molecule has 4 heteroatoms. The van der Waals surface area contributed by atoms with Crippen LogP contribution in [0.3, 0.4) is 0 Å². The van der Waals surface area contributed by atoms with Gasteiger partial charge in [0.25, 0.3) is 0 Å². The predicted molar refractivity (Wildman–Crippen MR) is 62.2 cm³/mol.